The largest absolute Gasteiger partial charge is 0.390 e. The summed E-state index contributed by atoms with van der Waals surface area (Å²) in [6.07, 6.45) is 4.61. The molecule has 4 N–H and O–H groups in total. The summed E-state index contributed by atoms with van der Waals surface area (Å²) in [5.41, 5.74) is 0.428. The van der Waals surface area contributed by atoms with E-state index in [1.807, 2.05) is 24.0 Å². The zero-order valence-corrected chi connectivity index (χ0v) is 22.2. The van der Waals surface area contributed by atoms with Gasteiger partial charge in [0.2, 0.25) is 10.0 Å². The number of nitrogens with zero attached hydrogens (tertiary/aromatic N) is 3. The van der Waals surface area contributed by atoms with Gasteiger partial charge in [0, 0.05) is 37.4 Å². The molecular weight excluding hydrogens is 509 g/mol. The molecule has 9 nitrogen and oxygen atoms in total. The SMILES string of the molecule is CC1CN(c2ccc(S(N)(=O)=O)c(F)c2)CCN1c1cccc(C(=O)NC2C3CC4CC2CC(O)(C4)C3)n1. The molecule has 1 aliphatic heterocycles. The monoisotopic (exact) mass is 543 g/mol. The second-order valence-corrected chi connectivity index (χ2v) is 13.3. The lowest BCUT2D eigenvalue weighted by molar-refractivity contribution is -0.136. The second kappa shape index (κ2) is 9.17. The highest BCUT2D eigenvalue weighted by Gasteiger charge is 2.55. The zero-order valence-electron chi connectivity index (χ0n) is 21.4. The maximum Gasteiger partial charge on any atom is 0.270 e. The normalized spacial score (nSPS) is 32.5. The molecule has 3 atom stereocenters. The molecule has 4 aliphatic carbocycles. The number of benzene rings is 1. The van der Waals surface area contributed by atoms with Crippen molar-refractivity contribution in [1.82, 2.24) is 10.3 Å². The van der Waals surface area contributed by atoms with E-state index in [0.29, 0.717) is 54.6 Å². The van der Waals surface area contributed by atoms with E-state index >= 15 is 0 Å². The Bertz CT molecular complexity index is 1350. The molecule has 2 heterocycles. The molecule has 0 radical (unpaired) electrons. The van der Waals surface area contributed by atoms with Crippen molar-refractivity contribution in [3.8, 4) is 0 Å². The van der Waals surface area contributed by atoms with Crippen LogP contribution in [0.15, 0.2) is 41.3 Å². The van der Waals surface area contributed by atoms with Gasteiger partial charge in [-0.15, -0.1) is 0 Å². The van der Waals surface area contributed by atoms with Gasteiger partial charge in [-0.1, -0.05) is 6.07 Å². The lowest BCUT2D eigenvalue weighted by atomic mass is 9.52. The van der Waals surface area contributed by atoms with E-state index < -0.39 is 26.3 Å². The molecule has 1 amide bonds. The predicted molar refractivity (Wildman–Crippen MR) is 141 cm³/mol. The predicted octanol–water partition coefficient (Wildman–Crippen LogP) is 2.25. The number of hydrogen-bond acceptors (Lipinski definition) is 7. The number of carbonyl (C=O) groups is 1. The fourth-order valence-corrected chi connectivity index (χ4v) is 8.19. The van der Waals surface area contributed by atoms with Crippen molar-refractivity contribution in [2.75, 3.05) is 29.4 Å². The van der Waals surface area contributed by atoms with Crippen LogP contribution in [0, 0.1) is 23.6 Å². The number of aliphatic hydroxyl groups is 1. The molecule has 1 saturated heterocycles. The maximum absolute atomic E-state index is 14.4. The van der Waals surface area contributed by atoms with Crippen LogP contribution in [0.3, 0.4) is 0 Å². The molecule has 0 spiro atoms. The molecule has 4 bridgehead atoms. The van der Waals surface area contributed by atoms with E-state index in [-0.39, 0.29) is 18.0 Å². The molecule has 38 heavy (non-hydrogen) atoms. The fourth-order valence-electron chi connectivity index (χ4n) is 7.60. The van der Waals surface area contributed by atoms with Crippen LogP contribution >= 0.6 is 0 Å². The topological polar surface area (TPSA) is 129 Å². The van der Waals surface area contributed by atoms with Crippen molar-refractivity contribution < 1.29 is 22.7 Å². The second-order valence-electron chi connectivity index (χ2n) is 11.7. The van der Waals surface area contributed by atoms with Gasteiger partial charge in [0.15, 0.2) is 0 Å². The fraction of sp³-hybridized carbons (Fsp3) is 0.556. The molecule has 1 aromatic carbocycles. The summed E-state index contributed by atoms with van der Waals surface area (Å²) in [6, 6.07) is 9.54. The smallest absolute Gasteiger partial charge is 0.270 e. The third kappa shape index (κ3) is 4.65. The Labute approximate surface area is 222 Å². The summed E-state index contributed by atoms with van der Waals surface area (Å²) in [7, 11) is -4.12. The minimum absolute atomic E-state index is 0.0145. The van der Waals surface area contributed by atoms with E-state index in [1.165, 1.54) is 12.1 Å². The highest BCUT2D eigenvalue weighted by molar-refractivity contribution is 7.89. The van der Waals surface area contributed by atoms with Crippen molar-refractivity contribution in [2.45, 2.75) is 61.6 Å². The minimum atomic E-state index is -4.12. The van der Waals surface area contributed by atoms with Crippen molar-refractivity contribution in [3.05, 3.63) is 47.9 Å². The van der Waals surface area contributed by atoms with Crippen LogP contribution in [-0.4, -0.2) is 61.7 Å². The summed E-state index contributed by atoms with van der Waals surface area (Å²) in [4.78, 5) is 21.6. The lowest BCUT2D eigenvalue weighted by Gasteiger charge is -2.58. The summed E-state index contributed by atoms with van der Waals surface area (Å²) in [6.45, 7) is 3.79. The number of hydrogen-bond donors (Lipinski definition) is 3. The van der Waals surface area contributed by atoms with Gasteiger partial charge in [-0.25, -0.2) is 22.9 Å². The summed E-state index contributed by atoms with van der Waals surface area (Å²) in [5.74, 6) is 0.905. The van der Waals surface area contributed by atoms with Gasteiger partial charge in [-0.2, -0.15) is 0 Å². The van der Waals surface area contributed by atoms with E-state index in [2.05, 4.69) is 10.2 Å². The van der Waals surface area contributed by atoms with Crippen LogP contribution in [-0.2, 0) is 10.0 Å². The van der Waals surface area contributed by atoms with Crippen LogP contribution in [0.5, 0.6) is 0 Å². The van der Waals surface area contributed by atoms with Crippen LogP contribution in [0.2, 0.25) is 0 Å². The van der Waals surface area contributed by atoms with E-state index in [0.717, 1.165) is 32.1 Å². The average molecular weight is 544 g/mol. The number of piperazine rings is 1. The van der Waals surface area contributed by atoms with Gasteiger partial charge in [0.05, 0.1) is 5.60 Å². The quantitative estimate of drug-likeness (QED) is 0.528. The number of nitrogens with two attached hydrogens (primary N) is 1. The van der Waals surface area contributed by atoms with Gasteiger partial charge in [-0.05, 0) is 87.1 Å². The number of primary sulfonamides is 1. The van der Waals surface area contributed by atoms with Gasteiger partial charge < -0.3 is 20.2 Å². The average Bonchev–Trinajstić information content (AvgIpc) is 2.84. The van der Waals surface area contributed by atoms with Crippen LogP contribution in [0.1, 0.15) is 49.5 Å². The Balaban J connectivity index is 1.12. The third-order valence-corrected chi connectivity index (χ3v) is 9.96. The lowest BCUT2D eigenvalue weighted by Crippen LogP contribution is -2.61. The zero-order chi connectivity index (χ0) is 26.8. The highest BCUT2D eigenvalue weighted by Crippen LogP contribution is 2.55. The number of amides is 1. The first-order valence-corrected chi connectivity index (χ1v) is 14.9. The van der Waals surface area contributed by atoms with Crippen molar-refractivity contribution in [2.24, 2.45) is 22.9 Å². The highest BCUT2D eigenvalue weighted by atomic mass is 32.2. The van der Waals surface area contributed by atoms with E-state index in [4.69, 9.17) is 10.1 Å². The molecule has 5 fully saturated rings. The van der Waals surface area contributed by atoms with E-state index in [1.54, 1.807) is 12.1 Å². The Hall–Kier alpha value is -2.76. The number of anilines is 2. The number of carbonyl (C=O) groups excluding carboxylic acids is 1. The minimum Gasteiger partial charge on any atom is -0.390 e. The summed E-state index contributed by atoms with van der Waals surface area (Å²) < 4.78 is 37.4. The van der Waals surface area contributed by atoms with Gasteiger partial charge in [0.25, 0.3) is 5.91 Å². The molecule has 1 aromatic heterocycles. The Kier molecular flexibility index (Phi) is 6.16. The Morgan fingerprint density at radius 2 is 1.89 bits per heavy atom. The summed E-state index contributed by atoms with van der Waals surface area (Å²) in [5, 5.41) is 19.2. The molecule has 7 rings (SSSR count). The number of halogens is 1. The third-order valence-electron chi connectivity index (χ3n) is 9.01. The number of nitrogens with one attached hydrogen (secondary N) is 1. The molecule has 11 heteroatoms. The number of aromatic nitrogens is 1. The Morgan fingerprint density at radius 3 is 2.53 bits per heavy atom. The standard InChI is InChI=1S/C27H34FN5O4S/c1-16-15-32(20-5-6-23(21(28)11-20)38(29,36)37)7-8-33(16)24-4-2-3-22(30-24)26(34)31-25-18-9-17-10-19(25)14-27(35,12-17)13-18/h2-6,11,16-19,25,35H,7-10,12-15H2,1H3,(H,31,34)(H2,29,36,37). The number of pyridine rings is 1. The molecule has 4 saturated carbocycles. The van der Waals surface area contributed by atoms with Crippen molar-refractivity contribution in [1.29, 1.82) is 0 Å². The van der Waals surface area contributed by atoms with Crippen LogP contribution in [0.4, 0.5) is 15.9 Å². The molecule has 2 aromatic rings. The first-order valence-electron chi connectivity index (χ1n) is 13.3. The maximum atomic E-state index is 14.4. The van der Waals surface area contributed by atoms with Gasteiger partial charge >= 0.3 is 0 Å². The first kappa shape index (κ1) is 25.5. The molecular formula is C27H34FN5O4S. The number of rotatable bonds is 5. The molecule has 204 valence electrons. The summed E-state index contributed by atoms with van der Waals surface area (Å²) >= 11 is 0. The van der Waals surface area contributed by atoms with Gasteiger partial charge in [0.1, 0.15) is 22.2 Å². The molecule has 3 unspecified atom stereocenters. The first-order chi connectivity index (χ1) is 18.0. The van der Waals surface area contributed by atoms with E-state index in [9.17, 15) is 22.7 Å². The Morgan fingerprint density at radius 1 is 1.16 bits per heavy atom. The van der Waals surface area contributed by atoms with Crippen molar-refractivity contribution in [3.63, 3.8) is 0 Å². The van der Waals surface area contributed by atoms with Gasteiger partial charge in [-0.3, -0.25) is 4.79 Å². The number of sulfonamides is 1. The van der Waals surface area contributed by atoms with Crippen molar-refractivity contribution >= 4 is 27.4 Å². The molecule has 5 aliphatic rings. The van der Waals surface area contributed by atoms with Crippen LogP contribution in [0.25, 0.3) is 0 Å². The van der Waals surface area contributed by atoms with Crippen LogP contribution < -0.4 is 20.3 Å².